The van der Waals surface area contributed by atoms with Crippen LogP contribution in [0, 0.1) is 10.9 Å². The van der Waals surface area contributed by atoms with Gasteiger partial charge in [0.15, 0.2) is 16.8 Å². The number of rotatable bonds is 9. The quantitative estimate of drug-likeness (QED) is 0.222. The molecule has 1 saturated heterocycles. The minimum absolute atomic E-state index is 0.0119. The number of fused-ring (bicyclic) bond motifs is 2. The van der Waals surface area contributed by atoms with Gasteiger partial charge in [-0.25, -0.2) is 8.78 Å². The maximum absolute atomic E-state index is 16.1. The topological polar surface area (TPSA) is 79.4 Å². The number of hydrogen-bond acceptors (Lipinski definition) is 7. The molecule has 1 amide bonds. The lowest BCUT2D eigenvalue weighted by Gasteiger charge is -2.19. The second-order valence-corrected chi connectivity index (χ2v) is 10.1. The van der Waals surface area contributed by atoms with Crippen molar-refractivity contribution in [2.24, 2.45) is 0 Å². The van der Waals surface area contributed by atoms with Crippen LogP contribution in [0.25, 0.3) is 32.1 Å². The largest absolute Gasteiger partial charge is 0.462 e. The van der Waals surface area contributed by atoms with E-state index in [0.717, 1.165) is 30.7 Å². The molecule has 3 heterocycles. The molecule has 0 spiro atoms. The van der Waals surface area contributed by atoms with E-state index in [0.29, 0.717) is 33.5 Å². The van der Waals surface area contributed by atoms with Crippen molar-refractivity contribution in [1.82, 2.24) is 20.2 Å². The van der Waals surface area contributed by atoms with Crippen molar-refractivity contribution in [3.63, 3.8) is 0 Å². The molecule has 11 heteroatoms. The fourth-order valence-corrected chi connectivity index (χ4v) is 5.52. The SMILES string of the molecule is C=C(F)C(=O)NCCNc1nc(OC[C@@H]2CCCN2C)nc2c(F)c(-c3cccc4cc(F)sc34)ccc12. The molecule has 38 heavy (non-hydrogen) atoms. The number of nitrogens with one attached hydrogen (secondary N) is 2. The highest BCUT2D eigenvalue weighted by Gasteiger charge is 2.23. The summed E-state index contributed by atoms with van der Waals surface area (Å²) in [6.07, 6.45) is 2.05. The van der Waals surface area contributed by atoms with Crippen LogP contribution >= 0.6 is 11.3 Å². The fraction of sp³-hybridized carbons (Fsp3) is 0.296. The molecule has 0 aliphatic carbocycles. The van der Waals surface area contributed by atoms with Crippen LogP contribution in [0.15, 0.2) is 48.8 Å². The smallest absolute Gasteiger partial charge is 0.319 e. The van der Waals surface area contributed by atoms with E-state index in [1.54, 1.807) is 30.3 Å². The summed E-state index contributed by atoms with van der Waals surface area (Å²) in [6, 6.07) is 10.2. The van der Waals surface area contributed by atoms with Crippen LogP contribution in [-0.4, -0.2) is 60.1 Å². The molecule has 2 aromatic heterocycles. The standard InChI is InChI=1S/C27H26F3N5O2S/c1-15(28)26(36)32-11-10-31-25-20-9-8-18(19-7-3-5-16-13-21(29)38-24(16)19)22(30)23(20)33-27(34-25)37-14-17-6-4-12-35(17)2/h3,5,7-9,13,17H,1,4,6,10-12,14H2,2H3,(H,32,36)(H,31,33,34)/t17-/m0/s1. The Bertz CT molecular complexity index is 1530. The highest BCUT2D eigenvalue weighted by molar-refractivity contribution is 7.18. The minimum Gasteiger partial charge on any atom is -0.462 e. The maximum Gasteiger partial charge on any atom is 0.319 e. The van der Waals surface area contributed by atoms with Crippen LogP contribution in [0.5, 0.6) is 6.01 Å². The van der Waals surface area contributed by atoms with Gasteiger partial charge in [0.05, 0.1) is 0 Å². The van der Waals surface area contributed by atoms with E-state index in [2.05, 4.69) is 32.1 Å². The van der Waals surface area contributed by atoms with Gasteiger partial charge in [0.1, 0.15) is 17.9 Å². The molecule has 2 aromatic carbocycles. The third-order valence-corrected chi connectivity index (χ3v) is 7.59. The summed E-state index contributed by atoms with van der Waals surface area (Å²) < 4.78 is 49.5. The summed E-state index contributed by atoms with van der Waals surface area (Å²) in [5, 5.41) is 6.19. The summed E-state index contributed by atoms with van der Waals surface area (Å²) >= 11 is 0.959. The number of carbonyl (C=O) groups is 1. The van der Waals surface area contributed by atoms with Gasteiger partial charge in [0.2, 0.25) is 0 Å². The van der Waals surface area contributed by atoms with E-state index in [1.165, 1.54) is 6.07 Å². The normalized spacial score (nSPS) is 15.7. The van der Waals surface area contributed by atoms with Crippen molar-refractivity contribution >= 4 is 44.1 Å². The molecule has 1 fully saturated rings. The van der Waals surface area contributed by atoms with E-state index in [4.69, 9.17) is 4.74 Å². The first-order chi connectivity index (χ1) is 18.3. The average Bonchev–Trinajstić information content (AvgIpc) is 3.49. The highest BCUT2D eigenvalue weighted by atomic mass is 32.1. The Morgan fingerprint density at radius 1 is 1.21 bits per heavy atom. The Kier molecular flexibility index (Phi) is 7.48. The predicted molar refractivity (Wildman–Crippen MR) is 143 cm³/mol. The van der Waals surface area contributed by atoms with Crippen LogP contribution < -0.4 is 15.4 Å². The number of likely N-dealkylation sites (N-methyl/N-ethyl adjacent to an activating group) is 1. The number of anilines is 1. The number of hydrogen-bond donors (Lipinski definition) is 2. The molecule has 5 rings (SSSR count). The van der Waals surface area contributed by atoms with E-state index in [1.807, 2.05) is 7.05 Å². The van der Waals surface area contributed by atoms with Crippen molar-refractivity contribution in [2.45, 2.75) is 18.9 Å². The van der Waals surface area contributed by atoms with Crippen molar-refractivity contribution in [1.29, 1.82) is 0 Å². The Morgan fingerprint density at radius 3 is 2.82 bits per heavy atom. The zero-order valence-corrected chi connectivity index (χ0v) is 21.5. The van der Waals surface area contributed by atoms with Crippen LogP contribution in [0.3, 0.4) is 0 Å². The number of aromatic nitrogens is 2. The summed E-state index contributed by atoms with van der Waals surface area (Å²) in [6.45, 7) is 4.57. The second kappa shape index (κ2) is 11.0. The number of benzene rings is 2. The molecular weight excluding hydrogens is 515 g/mol. The maximum atomic E-state index is 16.1. The minimum atomic E-state index is -1.08. The summed E-state index contributed by atoms with van der Waals surface area (Å²) in [5.74, 6) is -2.26. The Labute approximate surface area is 221 Å². The average molecular weight is 542 g/mol. The Morgan fingerprint density at radius 2 is 2.05 bits per heavy atom. The lowest BCUT2D eigenvalue weighted by molar-refractivity contribution is -0.118. The predicted octanol–water partition coefficient (Wildman–Crippen LogP) is 5.27. The first-order valence-corrected chi connectivity index (χ1v) is 13.0. The lowest BCUT2D eigenvalue weighted by Crippen LogP contribution is -2.31. The van der Waals surface area contributed by atoms with Crippen LogP contribution in [-0.2, 0) is 4.79 Å². The molecule has 7 nitrogen and oxygen atoms in total. The van der Waals surface area contributed by atoms with Gasteiger partial charge >= 0.3 is 6.01 Å². The number of thiophene rings is 1. The van der Waals surface area contributed by atoms with E-state index >= 15 is 4.39 Å². The summed E-state index contributed by atoms with van der Waals surface area (Å²) in [7, 11) is 2.02. The Hall–Kier alpha value is -3.70. The van der Waals surface area contributed by atoms with Crippen molar-refractivity contribution in [3.05, 3.63) is 59.8 Å². The molecule has 2 N–H and O–H groups in total. The number of amides is 1. The Balaban J connectivity index is 1.50. The molecule has 1 atom stereocenters. The first kappa shape index (κ1) is 25.9. The summed E-state index contributed by atoms with van der Waals surface area (Å²) in [5.41, 5.74) is 0.892. The molecule has 0 bridgehead atoms. The number of ether oxygens (including phenoxy) is 1. The third kappa shape index (κ3) is 5.30. The molecule has 0 unspecified atom stereocenters. The van der Waals surface area contributed by atoms with Crippen molar-refractivity contribution in [2.75, 3.05) is 38.6 Å². The van der Waals surface area contributed by atoms with E-state index in [9.17, 15) is 13.6 Å². The lowest BCUT2D eigenvalue weighted by atomic mass is 10.0. The number of halogens is 3. The molecule has 198 valence electrons. The van der Waals surface area contributed by atoms with Gasteiger partial charge in [-0.2, -0.15) is 14.4 Å². The molecule has 1 aliphatic rings. The van der Waals surface area contributed by atoms with Crippen molar-refractivity contribution in [3.8, 4) is 17.1 Å². The molecule has 4 aromatic rings. The van der Waals surface area contributed by atoms with Gasteiger partial charge in [-0.3, -0.25) is 4.79 Å². The van der Waals surface area contributed by atoms with Crippen molar-refractivity contribution < 1.29 is 22.7 Å². The third-order valence-electron chi connectivity index (χ3n) is 6.62. The molecule has 1 aliphatic heterocycles. The molecule has 0 radical (unpaired) electrons. The number of nitrogens with zero attached hydrogens (tertiary/aromatic N) is 3. The zero-order valence-electron chi connectivity index (χ0n) is 20.7. The van der Waals surface area contributed by atoms with Gasteiger partial charge in [0, 0.05) is 40.3 Å². The molecule has 0 saturated carbocycles. The highest BCUT2D eigenvalue weighted by Crippen LogP contribution is 2.38. The van der Waals surface area contributed by atoms with Gasteiger partial charge < -0.3 is 20.3 Å². The summed E-state index contributed by atoms with van der Waals surface area (Å²) in [4.78, 5) is 22.5. The molecular formula is C27H26F3N5O2S. The van der Waals surface area contributed by atoms with Gasteiger partial charge in [0.25, 0.3) is 5.91 Å². The van der Waals surface area contributed by atoms with Crippen LogP contribution in [0.2, 0.25) is 0 Å². The number of carbonyl (C=O) groups excluding carboxylic acids is 1. The second-order valence-electron chi connectivity index (χ2n) is 9.13. The van der Waals surface area contributed by atoms with Gasteiger partial charge in [-0.05, 0) is 44.0 Å². The van der Waals surface area contributed by atoms with E-state index < -0.39 is 17.6 Å². The van der Waals surface area contributed by atoms with Crippen LogP contribution in [0.1, 0.15) is 12.8 Å². The van der Waals surface area contributed by atoms with Gasteiger partial charge in [-0.1, -0.05) is 30.8 Å². The number of likely N-dealkylation sites (tertiary alicyclic amines) is 1. The van der Waals surface area contributed by atoms with Gasteiger partial charge in [-0.15, -0.1) is 11.3 Å². The monoisotopic (exact) mass is 541 g/mol. The van der Waals surface area contributed by atoms with E-state index in [-0.39, 0.29) is 41.4 Å². The first-order valence-electron chi connectivity index (χ1n) is 12.2. The van der Waals surface area contributed by atoms with Crippen LogP contribution in [0.4, 0.5) is 19.0 Å². The fourth-order valence-electron chi connectivity index (χ4n) is 4.61. The zero-order chi connectivity index (χ0) is 26.8.